The number of ether oxygens (including phenoxy) is 4. The van der Waals surface area contributed by atoms with E-state index in [-0.39, 0.29) is 18.9 Å². The van der Waals surface area contributed by atoms with Gasteiger partial charge in [-0.1, -0.05) is 379 Å². The minimum atomic E-state index is -1.79. The largest absolute Gasteiger partial charge is 0.394 e. The summed E-state index contributed by atoms with van der Waals surface area (Å²) in [5.74, 6) is -0.230. The van der Waals surface area contributed by atoms with Crippen molar-refractivity contribution in [1.29, 1.82) is 0 Å². The summed E-state index contributed by atoms with van der Waals surface area (Å²) in [5, 5.41) is 87.5. The van der Waals surface area contributed by atoms with Crippen molar-refractivity contribution in [2.24, 2.45) is 0 Å². The molecule has 2 rings (SSSR count). The van der Waals surface area contributed by atoms with E-state index in [0.717, 1.165) is 44.9 Å². The summed E-state index contributed by atoms with van der Waals surface area (Å²) < 4.78 is 22.9. The Bertz CT molecular complexity index is 1610. The number of aliphatic hydroxyl groups excluding tert-OH is 8. The van der Waals surface area contributed by atoms with Gasteiger partial charge < -0.3 is 65.1 Å². The van der Waals surface area contributed by atoms with Gasteiger partial charge in [-0.3, -0.25) is 4.79 Å². The number of carbonyl (C=O) groups excluding carboxylic acids is 1. The Kier molecular flexibility index (Phi) is 60.6. The summed E-state index contributed by atoms with van der Waals surface area (Å²) in [6.07, 6.45) is 64.7. The normalized spacial score (nSPS) is 22.5. The molecule has 14 nitrogen and oxygen atoms in total. The predicted molar refractivity (Wildman–Crippen MR) is 383 cm³/mol. The molecular weight excluding hydrogens is 1170 g/mol. The van der Waals surface area contributed by atoms with Gasteiger partial charge in [0.1, 0.15) is 48.8 Å². The van der Waals surface area contributed by atoms with Crippen LogP contribution in [0.15, 0.2) is 12.2 Å². The Morgan fingerprint density at radius 2 is 0.667 bits per heavy atom. The number of rotatable bonds is 69. The minimum Gasteiger partial charge on any atom is -0.394 e. The fourth-order valence-electron chi connectivity index (χ4n) is 13.8. The number of hydrogen-bond donors (Lipinski definition) is 9. The van der Waals surface area contributed by atoms with Crippen LogP contribution in [-0.2, 0) is 23.7 Å². The number of allylic oxidation sites excluding steroid dienone is 1. The summed E-state index contributed by atoms with van der Waals surface area (Å²) in [6, 6.07) is -0.911. The van der Waals surface area contributed by atoms with Crippen LogP contribution in [0.5, 0.6) is 0 Å². The highest BCUT2D eigenvalue weighted by Crippen LogP contribution is 2.30. The number of hydrogen-bond acceptors (Lipinski definition) is 13. The first kappa shape index (κ1) is 87.8. The summed E-state index contributed by atoms with van der Waals surface area (Å²) in [5.41, 5.74) is 0. The van der Waals surface area contributed by atoms with E-state index in [4.69, 9.17) is 18.9 Å². The van der Waals surface area contributed by atoms with Crippen LogP contribution in [0.2, 0.25) is 0 Å². The quantitative estimate of drug-likeness (QED) is 0.0204. The zero-order valence-corrected chi connectivity index (χ0v) is 60.5. The lowest BCUT2D eigenvalue weighted by Crippen LogP contribution is -2.65. The summed E-state index contributed by atoms with van der Waals surface area (Å²) in [4.78, 5) is 13.4. The molecule has 0 aromatic heterocycles. The van der Waals surface area contributed by atoms with Crippen LogP contribution in [0.1, 0.15) is 393 Å². The van der Waals surface area contributed by atoms with E-state index in [9.17, 15) is 45.6 Å². The third kappa shape index (κ3) is 47.4. The van der Waals surface area contributed by atoms with Gasteiger partial charge >= 0.3 is 0 Å². The maximum absolute atomic E-state index is 13.4. The van der Waals surface area contributed by atoms with Gasteiger partial charge in [0.15, 0.2) is 12.6 Å². The molecule has 2 aliphatic heterocycles. The van der Waals surface area contributed by atoms with Gasteiger partial charge in [-0.25, -0.2) is 0 Å². The first-order chi connectivity index (χ1) is 45.6. The number of nitrogens with one attached hydrogen (secondary N) is 1. The molecule has 12 atom stereocenters. The molecule has 2 saturated heterocycles. The molecule has 93 heavy (non-hydrogen) atoms. The van der Waals surface area contributed by atoms with E-state index in [2.05, 4.69) is 19.2 Å². The maximum atomic E-state index is 13.4. The van der Waals surface area contributed by atoms with E-state index in [0.29, 0.717) is 0 Å². The van der Waals surface area contributed by atoms with E-state index < -0.39 is 86.8 Å². The monoisotopic (exact) mass is 1320 g/mol. The Hall–Kier alpha value is -1.27. The lowest BCUT2D eigenvalue weighted by atomic mass is 9.97. The van der Waals surface area contributed by atoms with Crippen LogP contribution in [0.4, 0.5) is 0 Å². The van der Waals surface area contributed by atoms with Crippen LogP contribution in [-0.4, -0.2) is 140 Å². The van der Waals surface area contributed by atoms with Crippen molar-refractivity contribution in [1.82, 2.24) is 5.32 Å². The highest BCUT2D eigenvalue weighted by Gasteiger charge is 2.51. The van der Waals surface area contributed by atoms with Crippen LogP contribution in [0.25, 0.3) is 0 Å². The second-order valence-electron chi connectivity index (χ2n) is 28.9. The van der Waals surface area contributed by atoms with Gasteiger partial charge in [0.25, 0.3) is 0 Å². The molecule has 2 heterocycles. The average molecular weight is 1330 g/mol. The lowest BCUT2D eigenvalue weighted by Gasteiger charge is -2.46. The fourth-order valence-corrected chi connectivity index (χ4v) is 13.8. The molecule has 0 aromatic rings. The maximum Gasteiger partial charge on any atom is 0.220 e. The molecular formula is C79H153NO13. The molecule has 2 fully saturated rings. The van der Waals surface area contributed by atoms with E-state index in [1.54, 1.807) is 6.08 Å². The van der Waals surface area contributed by atoms with Crippen molar-refractivity contribution in [2.45, 2.75) is 466 Å². The van der Waals surface area contributed by atoms with Crippen molar-refractivity contribution in [3.8, 4) is 0 Å². The first-order valence-corrected chi connectivity index (χ1v) is 40.4. The number of amides is 1. The summed E-state index contributed by atoms with van der Waals surface area (Å²) >= 11 is 0. The Balaban J connectivity index is 1.53. The minimum absolute atomic E-state index is 0.230. The van der Waals surface area contributed by atoms with Gasteiger partial charge in [0, 0.05) is 6.42 Å². The first-order valence-electron chi connectivity index (χ1n) is 40.4. The zero-order chi connectivity index (χ0) is 67.3. The smallest absolute Gasteiger partial charge is 0.220 e. The molecule has 0 bridgehead atoms. The van der Waals surface area contributed by atoms with Gasteiger partial charge in [-0.15, -0.1) is 0 Å². The molecule has 0 saturated carbocycles. The fraction of sp³-hybridized carbons (Fsp3) is 0.962. The van der Waals surface area contributed by atoms with Crippen LogP contribution in [0, 0.1) is 0 Å². The molecule has 14 heteroatoms. The standard InChI is InChI=1S/C79H153NO13/c1-3-5-7-9-11-13-15-17-19-21-23-24-25-26-27-28-29-30-31-32-33-34-35-36-37-38-39-40-41-42-43-44-45-47-49-51-53-55-57-59-61-63-71(84)80-67(68(83)62-60-58-56-54-52-50-48-46-22-20-18-16-14-12-10-8-6-4-2)66-90-78-76(89)74(87)77(70(65-82)92-78)93-79-75(88)73(86)72(85)69(64-81)91-79/h60,62,67-70,72-79,81-83,85-89H,3-59,61,63-66H2,1-2H3,(H,80,84)/b62-60+. The van der Waals surface area contributed by atoms with Crippen LogP contribution < -0.4 is 5.32 Å². The highest BCUT2D eigenvalue weighted by atomic mass is 16.7. The highest BCUT2D eigenvalue weighted by molar-refractivity contribution is 5.76. The molecule has 12 unspecified atom stereocenters. The molecule has 0 aliphatic carbocycles. The third-order valence-corrected chi connectivity index (χ3v) is 20.2. The second kappa shape index (κ2) is 64.1. The summed E-state index contributed by atoms with van der Waals surface area (Å²) in [6.45, 7) is 2.87. The molecule has 0 spiro atoms. The Morgan fingerprint density at radius 3 is 0.989 bits per heavy atom. The van der Waals surface area contributed by atoms with Gasteiger partial charge in [0.05, 0.1) is 32.0 Å². The van der Waals surface area contributed by atoms with Crippen molar-refractivity contribution in [2.75, 3.05) is 19.8 Å². The number of carbonyl (C=O) groups is 1. The van der Waals surface area contributed by atoms with E-state index >= 15 is 0 Å². The number of aliphatic hydroxyl groups is 8. The number of unbranched alkanes of at least 4 members (excludes halogenated alkanes) is 56. The van der Waals surface area contributed by atoms with E-state index in [1.165, 1.54) is 327 Å². The SMILES string of the molecule is CCCCCCCCCCCCCCCCCC/C=C/C(O)C(COC1OC(CO)C(OC2OC(CO)C(O)C(O)C2O)C(O)C1O)NC(=O)CCCCCCCCCCCCCCCCCCCCCCCCCCCCCCCCCCCCCCCCCCC. The predicted octanol–water partition coefficient (Wildman–Crippen LogP) is 18.1. The molecule has 0 aromatic carbocycles. The molecule has 552 valence electrons. The molecule has 0 radical (unpaired) electrons. The zero-order valence-electron chi connectivity index (χ0n) is 60.5. The molecule has 9 N–H and O–H groups in total. The molecule has 2 aliphatic rings. The third-order valence-electron chi connectivity index (χ3n) is 20.2. The summed E-state index contributed by atoms with van der Waals surface area (Å²) in [7, 11) is 0. The average Bonchev–Trinajstić information content (AvgIpc) is 0.856. The molecule has 1 amide bonds. The van der Waals surface area contributed by atoms with Gasteiger partial charge in [-0.2, -0.15) is 0 Å². The second-order valence-corrected chi connectivity index (χ2v) is 28.9. The van der Waals surface area contributed by atoms with Crippen molar-refractivity contribution >= 4 is 5.91 Å². The topological polar surface area (TPSA) is 228 Å². The lowest BCUT2D eigenvalue weighted by molar-refractivity contribution is -0.359. The van der Waals surface area contributed by atoms with Crippen LogP contribution >= 0.6 is 0 Å². The Labute approximate surface area is 571 Å². The van der Waals surface area contributed by atoms with E-state index in [1.807, 2.05) is 6.08 Å². The van der Waals surface area contributed by atoms with Crippen molar-refractivity contribution in [3.05, 3.63) is 12.2 Å². The van der Waals surface area contributed by atoms with Gasteiger partial charge in [-0.05, 0) is 19.3 Å². The van der Waals surface area contributed by atoms with Crippen molar-refractivity contribution < 1.29 is 64.6 Å². The van der Waals surface area contributed by atoms with Gasteiger partial charge in [0.2, 0.25) is 5.91 Å². The Morgan fingerprint density at radius 1 is 0.376 bits per heavy atom. The van der Waals surface area contributed by atoms with Crippen LogP contribution in [0.3, 0.4) is 0 Å². The van der Waals surface area contributed by atoms with Crippen molar-refractivity contribution in [3.63, 3.8) is 0 Å².